The lowest BCUT2D eigenvalue weighted by atomic mass is 9.70. The average molecular weight is 675 g/mol. The predicted octanol–water partition coefficient (Wildman–Crippen LogP) is 7.70. The lowest BCUT2D eigenvalue weighted by molar-refractivity contribution is -0.153. The zero-order valence-corrected chi connectivity index (χ0v) is 29.2. The van der Waals surface area contributed by atoms with Crippen LogP contribution in [0.15, 0.2) is 67.0 Å². The van der Waals surface area contributed by atoms with Gasteiger partial charge < -0.3 is 15.3 Å². The lowest BCUT2D eigenvalue weighted by Gasteiger charge is -2.39. The summed E-state index contributed by atoms with van der Waals surface area (Å²) in [5.41, 5.74) is 5.96. The Balaban J connectivity index is 0.970. The Morgan fingerprint density at radius 1 is 0.860 bits per heavy atom. The molecule has 1 unspecified atom stereocenters. The summed E-state index contributed by atoms with van der Waals surface area (Å²) in [6, 6.07) is 14.6. The first kappa shape index (κ1) is 34.1. The first-order valence-electron chi connectivity index (χ1n) is 18.9. The summed E-state index contributed by atoms with van der Waals surface area (Å²) in [7, 11) is 0. The smallest absolute Gasteiger partial charge is 0.310 e. The summed E-state index contributed by atoms with van der Waals surface area (Å²) in [6.07, 6.45) is 20.8. The summed E-state index contributed by atoms with van der Waals surface area (Å²) in [5, 5.41) is 12.3. The first-order valence-corrected chi connectivity index (χ1v) is 18.9. The number of carbonyl (C=O) groups is 3. The molecule has 1 aliphatic heterocycles. The molecule has 2 aromatic carbocycles. The summed E-state index contributed by atoms with van der Waals surface area (Å²) in [5.74, 6) is 1.84. The molecule has 0 spiro atoms. The van der Waals surface area contributed by atoms with E-state index < -0.39 is 17.9 Å². The van der Waals surface area contributed by atoms with Gasteiger partial charge in [-0.05, 0) is 97.5 Å². The Hall–Kier alpha value is -4.33. The van der Waals surface area contributed by atoms with Crippen molar-refractivity contribution in [2.75, 3.05) is 13.1 Å². The van der Waals surface area contributed by atoms with E-state index in [2.05, 4.69) is 18.3 Å². The molecule has 8 heteroatoms. The topological polar surface area (TPSA) is 112 Å². The van der Waals surface area contributed by atoms with Crippen LogP contribution < -0.4 is 5.32 Å². The molecule has 50 heavy (non-hydrogen) atoms. The van der Waals surface area contributed by atoms with Crippen LogP contribution in [-0.4, -0.2) is 56.9 Å². The minimum Gasteiger partial charge on any atom is -0.481 e. The van der Waals surface area contributed by atoms with Crippen LogP contribution in [-0.2, 0) is 16.0 Å². The van der Waals surface area contributed by atoms with Crippen molar-refractivity contribution in [3.63, 3.8) is 0 Å². The Morgan fingerprint density at radius 3 is 2.16 bits per heavy atom. The van der Waals surface area contributed by atoms with Gasteiger partial charge >= 0.3 is 5.97 Å². The zero-order chi connectivity index (χ0) is 34.6. The molecule has 1 aromatic heterocycles. The van der Waals surface area contributed by atoms with Crippen LogP contribution in [0.3, 0.4) is 0 Å². The fraction of sp³-hybridized carbons (Fsp3) is 0.500. The van der Waals surface area contributed by atoms with Crippen LogP contribution in [0.2, 0.25) is 0 Å². The molecule has 2 heterocycles. The Morgan fingerprint density at radius 2 is 1.56 bits per heavy atom. The van der Waals surface area contributed by atoms with E-state index in [4.69, 9.17) is 9.97 Å². The van der Waals surface area contributed by atoms with E-state index in [9.17, 15) is 19.5 Å². The molecule has 3 aromatic rings. The predicted molar refractivity (Wildman–Crippen MR) is 194 cm³/mol. The number of amides is 2. The van der Waals surface area contributed by atoms with Crippen molar-refractivity contribution in [3.8, 4) is 11.4 Å². The highest BCUT2D eigenvalue weighted by molar-refractivity contribution is 5.98. The van der Waals surface area contributed by atoms with E-state index in [-0.39, 0.29) is 31.3 Å². The van der Waals surface area contributed by atoms with Gasteiger partial charge in [0.2, 0.25) is 5.91 Å². The van der Waals surface area contributed by atoms with Crippen LogP contribution in [0.25, 0.3) is 17.0 Å². The van der Waals surface area contributed by atoms with Crippen molar-refractivity contribution in [2.45, 2.75) is 95.9 Å². The second-order valence-corrected chi connectivity index (χ2v) is 15.2. The summed E-state index contributed by atoms with van der Waals surface area (Å²) in [4.78, 5) is 49.1. The molecule has 2 atom stereocenters. The molecular weight excluding hydrogens is 624 g/mol. The molecule has 2 N–H and O–H groups in total. The van der Waals surface area contributed by atoms with Crippen LogP contribution in [0.4, 0.5) is 0 Å². The number of nitrogens with zero attached hydrogens (tertiary/aromatic N) is 3. The van der Waals surface area contributed by atoms with Gasteiger partial charge in [0, 0.05) is 48.6 Å². The maximum absolute atomic E-state index is 13.5. The Labute approximate surface area is 295 Å². The fourth-order valence-corrected chi connectivity index (χ4v) is 8.37. The average Bonchev–Trinajstić information content (AvgIpc) is 3.98. The molecule has 0 bridgehead atoms. The van der Waals surface area contributed by atoms with Gasteiger partial charge in [-0.1, -0.05) is 75.1 Å². The van der Waals surface area contributed by atoms with Crippen molar-refractivity contribution in [3.05, 3.63) is 89.3 Å². The van der Waals surface area contributed by atoms with Crippen molar-refractivity contribution in [2.24, 2.45) is 23.7 Å². The molecule has 7 rings (SSSR count). The number of hydrogen-bond acceptors (Lipinski definition) is 5. The first-order chi connectivity index (χ1) is 24.3. The number of carbonyl (C=O) groups excluding carboxylic acids is 2. The minimum atomic E-state index is -0.907. The standard InChI is InChI=1S/C42H50N4O4/c1-2-3-27-4-8-29(9-5-27)30-14-16-33(17-15-30)36-23-43-39(44-24-36)34-10-6-28(7-11-34)22-38(41(48)46-25-37(26-46)42(49)50)45-40(47)35-20-18-32(19-21-35)31-12-13-31/h6-7,10-11,16,18-21,23-24,27,29-31,37-38H,2-5,8-9,12-15,17,22,25-26H2,1H3,(H,45,47)(H,49,50)/t27?,29?,30?,38-/m0/s1. The van der Waals surface area contributed by atoms with Crippen LogP contribution in [0.5, 0.6) is 0 Å². The SMILES string of the molecule is CCCC1CCC(C2CC=C(c3cnc(-c4ccc(C[C@H](NC(=O)c5ccc(C6CC6)cc5)C(=O)N5CC(C(=O)O)C5)cc4)nc3)CC2)CC1. The van der Waals surface area contributed by atoms with Gasteiger partial charge in [0.05, 0.1) is 5.92 Å². The number of aliphatic carboxylic acids is 1. The molecule has 8 nitrogen and oxygen atoms in total. The van der Waals surface area contributed by atoms with Crippen LogP contribution in [0, 0.1) is 23.7 Å². The quantitative estimate of drug-likeness (QED) is 0.204. The number of benzene rings is 2. The molecule has 3 aliphatic carbocycles. The molecule has 2 saturated carbocycles. The van der Waals surface area contributed by atoms with Gasteiger partial charge in [-0.2, -0.15) is 0 Å². The summed E-state index contributed by atoms with van der Waals surface area (Å²) >= 11 is 0. The van der Waals surface area contributed by atoms with Gasteiger partial charge in [0.15, 0.2) is 5.82 Å². The highest BCUT2D eigenvalue weighted by Crippen LogP contribution is 2.42. The summed E-state index contributed by atoms with van der Waals surface area (Å²) in [6.45, 7) is 2.62. The second kappa shape index (κ2) is 15.3. The van der Waals surface area contributed by atoms with Gasteiger partial charge in [0.1, 0.15) is 6.04 Å². The second-order valence-electron chi connectivity index (χ2n) is 15.2. The number of hydrogen-bond donors (Lipinski definition) is 2. The van der Waals surface area contributed by atoms with E-state index in [1.165, 1.54) is 73.8 Å². The maximum atomic E-state index is 13.5. The molecule has 0 radical (unpaired) electrons. The van der Waals surface area contributed by atoms with Crippen molar-refractivity contribution in [1.82, 2.24) is 20.2 Å². The monoisotopic (exact) mass is 674 g/mol. The van der Waals surface area contributed by atoms with E-state index >= 15 is 0 Å². The number of carboxylic acids is 1. The van der Waals surface area contributed by atoms with Crippen LogP contribution in [0.1, 0.15) is 111 Å². The van der Waals surface area contributed by atoms with E-state index in [1.807, 2.05) is 60.9 Å². The molecular formula is C42H50N4O4. The number of carboxylic acid groups (broad SMARTS) is 1. The summed E-state index contributed by atoms with van der Waals surface area (Å²) < 4.78 is 0. The normalized spacial score (nSPS) is 23.0. The molecule has 3 fully saturated rings. The number of rotatable bonds is 12. The van der Waals surface area contributed by atoms with Crippen molar-refractivity contribution in [1.29, 1.82) is 0 Å². The molecule has 4 aliphatic rings. The third-order valence-corrected chi connectivity index (χ3v) is 11.7. The number of allylic oxidation sites excluding steroid dienone is 2. The van der Waals surface area contributed by atoms with E-state index in [0.717, 1.165) is 47.3 Å². The van der Waals surface area contributed by atoms with Gasteiger partial charge in [-0.15, -0.1) is 0 Å². The Kier molecular flexibility index (Phi) is 10.4. The molecule has 2 amide bonds. The van der Waals surface area contributed by atoms with Crippen molar-refractivity contribution < 1.29 is 19.5 Å². The van der Waals surface area contributed by atoms with Crippen molar-refractivity contribution >= 4 is 23.4 Å². The lowest BCUT2D eigenvalue weighted by Crippen LogP contribution is -2.59. The minimum absolute atomic E-state index is 0.153. The van der Waals surface area contributed by atoms with Gasteiger partial charge in [0.25, 0.3) is 5.91 Å². The number of likely N-dealkylation sites (tertiary alicyclic amines) is 1. The van der Waals surface area contributed by atoms with Gasteiger partial charge in [-0.3, -0.25) is 14.4 Å². The zero-order valence-electron chi connectivity index (χ0n) is 29.2. The third-order valence-electron chi connectivity index (χ3n) is 11.7. The van der Waals surface area contributed by atoms with E-state index in [1.54, 1.807) is 0 Å². The number of nitrogens with one attached hydrogen (secondary N) is 1. The number of aromatic nitrogens is 2. The highest BCUT2D eigenvalue weighted by atomic mass is 16.4. The van der Waals surface area contributed by atoms with Crippen LogP contribution >= 0.6 is 0 Å². The molecule has 1 saturated heterocycles. The largest absolute Gasteiger partial charge is 0.481 e. The molecule has 262 valence electrons. The highest BCUT2D eigenvalue weighted by Gasteiger charge is 2.39. The van der Waals surface area contributed by atoms with Gasteiger partial charge in [-0.25, -0.2) is 9.97 Å². The fourth-order valence-electron chi connectivity index (χ4n) is 8.37. The Bertz CT molecular complexity index is 1680. The maximum Gasteiger partial charge on any atom is 0.310 e. The van der Waals surface area contributed by atoms with E-state index in [0.29, 0.717) is 17.3 Å². The third kappa shape index (κ3) is 8.00.